The number of benzene rings is 2. The van der Waals surface area contributed by atoms with Crippen LogP contribution in [-0.2, 0) is 36.8 Å². The first kappa shape index (κ1) is 41.1. The van der Waals surface area contributed by atoms with E-state index in [2.05, 4.69) is 17.6 Å². The van der Waals surface area contributed by atoms with Crippen LogP contribution in [0.25, 0.3) is 0 Å². The summed E-state index contributed by atoms with van der Waals surface area (Å²) in [5.74, 6) is -2.73. The summed E-state index contributed by atoms with van der Waals surface area (Å²) >= 11 is 0. The van der Waals surface area contributed by atoms with Crippen molar-refractivity contribution < 1.29 is 39.3 Å². The number of hydrogen-bond donors (Lipinski definition) is 6. The van der Waals surface area contributed by atoms with Gasteiger partial charge in [0.2, 0.25) is 23.6 Å². The van der Waals surface area contributed by atoms with E-state index in [1.54, 1.807) is 41.3 Å². The van der Waals surface area contributed by atoms with E-state index in [4.69, 9.17) is 5.73 Å². The van der Waals surface area contributed by atoms with Gasteiger partial charge < -0.3 is 41.5 Å². The molecule has 290 valence electrons. The Morgan fingerprint density at radius 3 is 2.06 bits per heavy atom. The third kappa shape index (κ3) is 12.2. The van der Waals surface area contributed by atoms with E-state index < -0.39 is 47.9 Å². The molecule has 7 N–H and O–H groups in total. The van der Waals surface area contributed by atoms with Gasteiger partial charge in [-0.1, -0.05) is 70.2 Å². The quantitative estimate of drug-likeness (QED) is 0.117. The number of carboxylic acids is 1. The summed E-state index contributed by atoms with van der Waals surface area (Å²) in [6.07, 6.45) is 8.18. The van der Waals surface area contributed by atoms with Gasteiger partial charge in [-0.25, -0.2) is 4.79 Å². The summed E-state index contributed by atoms with van der Waals surface area (Å²) in [5, 5.41) is 34.8. The number of carboxylic acid groups (broad SMARTS) is 1. The van der Waals surface area contributed by atoms with Crippen molar-refractivity contribution in [3.63, 3.8) is 0 Å². The van der Waals surface area contributed by atoms with Crippen LogP contribution >= 0.6 is 0 Å². The Morgan fingerprint density at radius 2 is 1.42 bits per heavy atom. The molecule has 4 amide bonds. The molecule has 6 unspecified atom stereocenters. The lowest BCUT2D eigenvalue weighted by Crippen LogP contribution is -2.57. The van der Waals surface area contributed by atoms with Gasteiger partial charge in [0.05, 0.1) is 0 Å². The highest BCUT2D eigenvalue weighted by Gasteiger charge is 2.42. The number of phenolic OH excluding ortho intramolecular Hbond substituents is 2. The van der Waals surface area contributed by atoms with Crippen LogP contribution in [0.5, 0.6) is 11.5 Å². The molecule has 2 heterocycles. The van der Waals surface area contributed by atoms with Crippen molar-refractivity contribution in [2.75, 3.05) is 13.1 Å². The fourth-order valence-electron chi connectivity index (χ4n) is 7.36. The number of likely N-dealkylation sites (tertiary alicyclic amines) is 2. The number of aryl methyl sites for hydroxylation is 1. The lowest BCUT2D eigenvalue weighted by molar-refractivity contribution is -0.145. The van der Waals surface area contributed by atoms with Gasteiger partial charge in [-0.3, -0.25) is 19.2 Å². The molecule has 0 aromatic heterocycles. The third-order valence-corrected chi connectivity index (χ3v) is 10.4. The summed E-state index contributed by atoms with van der Waals surface area (Å²) in [6.45, 7) is 4.80. The standard InChI is InChI=1S/C40H57N5O8/c1-3-4-5-6-7-9-29(41)24-36(48)45-25-26(2)22-35(45)38(50)42-32(20-15-27-11-16-30(46)17-12-27)39(51)44-21-8-10-34(44)37(49)43-33(40(52)53)23-28-13-18-31(47)19-14-28/h11-14,16-19,26,29,32-35,46-47H,3-10,15,20-25,41H2,1-2H3,(H,42,50)(H,43,49)(H,52,53). The van der Waals surface area contributed by atoms with Crippen molar-refractivity contribution in [2.45, 2.75) is 128 Å². The van der Waals surface area contributed by atoms with Gasteiger partial charge in [0.1, 0.15) is 35.7 Å². The minimum absolute atomic E-state index is 0.0216. The van der Waals surface area contributed by atoms with E-state index in [0.29, 0.717) is 37.8 Å². The molecular formula is C40H57N5O8. The van der Waals surface area contributed by atoms with Crippen LogP contribution in [-0.4, -0.2) is 98.0 Å². The van der Waals surface area contributed by atoms with E-state index in [1.165, 1.54) is 23.5 Å². The number of phenols is 2. The Hall–Kier alpha value is -4.65. The number of carbonyl (C=O) groups excluding carboxylic acids is 4. The summed E-state index contributed by atoms with van der Waals surface area (Å²) in [5.41, 5.74) is 7.78. The van der Waals surface area contributed by atoms with Gasteiger partial charge in [-0.05, 0) is 79.8 Å². The molecule has 0 aliphatic carbocycles. The van der Waals surface area contributed by atoms with Crippen molar-refractivity contribution in [2.24, 2.45) is 11.7 Å². The van der Waals surface area contributed by atoms with Crippen LogP contribution in [0.3, 0.4) is 0 Å². The number of aromatic hydroxyl groups is 2. The summed E-state index contributed by atoms with van der Waals surface area (Å²) in [4.78, 5) is 70.4. The Morgan fingerprint density at radius 1 is 0.811 bits per heavy atom. The maximum atomic E-state index is 14.3. The van der Waals surface area contributed by atoms with Crippen LogP contribution in [0.2, 0.25) is 0 Å². The van der Waals surface area contributed by atoms with Crippen LogP contribution in [0, 0.1) is 5.92 Å². The van der Waals surface area contributed by atoms with Crippen molar-refractivity contribution in [1.82, 2.24) is 20.4 Å². The SMILES string of the molecule is CCCCCCCC(N)CC(=O)N1CC(C)CC1C(=O)NC(CCc1ccc(O)cc1)C(=O)N1CCCC1C(=O)NC(Cc1ccc(O)cc1)C(=O)O. The van der Waals surface area contributed by atoms with Gasteiger partial charge >= 0.3 is 5.97 Å². The summed E-state index contributed by atoms with van der Waals surface area (Å²) in [7, 11) is 0. The van der Waals surface area contributed by atoms with Crippen LogP contribution < -0.4 is 16.4 Å². The monoisotopic (exact) mass is 735 g/mol. The average molecular weight is 736 g/mol. The average Bonchev–Trinajstić information content (AvgIpc) is 3.78. The van der Waals surface area contributed by atoms with Gasteiger partial charge in [0.15, 0.2) is 0 Å². The predicted molar refractivity (Wildman–Crippen MR) is 200 cm³/mol. The van der Waals surface area contributed by atoms with E-state index in [9.17, 15) is 39.3 Å². The highest BCUT2D eigenvalue weighted by molar-refractivity contribution is 5.95. The topological polar surface area (TPSA) is 203 Å². The zero-order valence-electron chi connectivity index (χ0n) is 31.0. The Bertz CT molecular complexity index is 1530. The minimum Gasteiger partial charge on any atom is -0.508 e. The second-order valence-corrected chi connectivity index (χ2v) is 14.8. The number of carbonyl (C=O) groups is 5. The van der Waals surface area contributed by atoms with E-state index >= 15 is 0 Å². The van der Waals surface area contributed by atoms with Crippen molar-refractivity contribution in [1.29, 1.82) is 0 Å². The molecule has 13 heteroatoms. The number of nitrogens with two attached hydrogens (primary N) is 1. The number of unbranched alkanes of at least 4 members (excludes halogenated alkanes) is 4. The fourth-order valence-corrected chi connectivity index (χ4v) is 7.36. The minimum atomic E-state index is -1.27. The highest BCUT2D eigenvalue weighted by atomic mass is 16.4. The van der Waals surface area contributed by atoms with Gasteiger partial charge in [-0.15, -0.1) is 0 Å². The third-order valence-electron chi connectivity index (χ3n) is 10.4. The summed E-state index contributed by atoms with van der Waals surface area (Å²) in [6, 6.07) is 8.27. The van der Waals surface area contributed by atoms with Crippen LogP contribution in [0.15, 0.2) is 48.5 Å². The second kappa shape index (κ2) is 20.0. The highest BCUT2D eigenvalue weighted by Crippen LogP contribution is 2.26. The van der Waals surface area contributed by atoms with Crippen molar-refractivity contribution in [3.8, 4) is 11.5 Å². The molecule has 2 aliphatic heterocycles. The molecule has 0 spiro atoms. The maximum Gasteiger partial charge on any atom is 0.326 e. The molecule has 2 aromatic carbocycles. The maximum absolute atomic E-state index is 14.3. The number of nitrogens with zero attached hydrogens (tertiary/aromatic N) is 2. The molecule has 6 atom stereocenters. The van der Waals surface area contributed by atoms with Gasteiger partial charge in [-0.2, -0.15) is 0 Å². The number of nitrogens with one attached hydrogen (secondary N) is 2. The predicted octanol–water partition coefficient (Wildman–Crippen LogP) is 3.63. The number of aliphatic carboxylic acids is 1. The normalized spacial score (nSPS) is 20.1. The van der Waals surface area contributed by atoms with Crippen molar-refractivity contribution >= 4 is 29.6 Å². The molecule has 13 nitrogen and oxygen atoms in total. The number of rotatable bonds is 19. The van der Waals surface area contributed by atoms with E-state index in [0.717, 1.165) is 37.7 Å². The van der Waals surface area contributed by atoms with Gasteiger partial charge in [0, 0.05) is 32.0 Å². The molecule has 2 aliphatic rings. The molecule has 0 saturated carbocycles. The van der Waals surface area contributed by atoms with E-state index in [1.807, 2.05) is 6.92 Å². The first-order chi connectivity index (χ1) is 25.4. The molecule has 2 saturated heterocycles. The zero-order chi connectivity index (χ0) is 38.5. The van der Waals surface area contributed by atoms with Gasteiger partial charge in [0.25, 0.3) is 0 Å². The molecular weight excluding hydrogens is 678 g/mol. The zero-order valence-corrected chi connectivity index (χ0v) is 31.0. The summed E-state index contributed by atoms with van der Waals surface area (Å²) < 4.78 is 0. The first-order valence-electron chi connectivity index (χ1n) is 19.1. The smallest absolute Gasteiger partial charge is 0.326 e. The van der Waals surface area contributed by atoms with Crippen LogP contribution in [0.1, 0.15) is 95.6 Å². The number of amides is 4. The molecule has 2 aromatic rings. The molecule has 4 rings (SSSR count). The lowest BCUT2D eigenvalue weighted by Gasteiger charge is -2.31. The Kier molecular flexibility index (Phi) is 15.5. The Balaban J connectivity index is 1.46. The number of hydrogen-bond acceptors (Lipinski definition) is 8. The molecule has 2 fully saturated rings. The fraction of sp³-hybridized carbons (Fsp3) is 0.575. The molecule has 53 heavy (non-hydrogen) atoms. The lowest BCUT2D eigenvalue weighted by atomic mass is 10.0. The molecule has 0 bridgehead atoms. The largest absolute Gasteiger partial charge is 0.508 e. The van der Waals surface area contributed by atoms with Crippen molar-refractivity contribution in [3.05, 3.63) is 59.7 Å². The van der Waals surface area contributed by atoms with Crippen LogP contribution in [0.4, 0.5) is 0 Å². The first-order valence-corrected chi connectivity index (χ1v) is 19.1. The second-order valence-electron chi connectivity index (χ2n) is 14.8. The Labute approximate surface area is 312 Å². The van der Waals surface area contributed by atoms with E-state index in [-0.39, 0.29) is 55.2 Å². The molecule has 0 radical (unpaired) electrons.